The molecule has 2 heterocycles. The molecule has 4 saturated carbocycles. The minimum absolute atomic E-state index is 0.0663. The van der Waals surface area contributed by atoms with E-state index in [9.17, 15) is 9.59 Å². The molecular formula is C92H106BCl2IN2O4P2Pd. The number of carbonyl (C=O) groups is 2. The van der Waals surface area contributed by atoms with E-state index in [-0.39, 0.29) is 50.9 Å². The van der Waals surface area contributed by atoms with Crippen molar-refractivity contribution in [2.24, 2.45) is 57.2 Å². The number of benzene rings is 6. The Morgan fingerprint density at radius 3 is 1.21 bits per heavy atom. The van der Waals surface area contributed by atoms with Crippen molar-refractivity contribution in [2.75, 3.05) is 0 Å². The van der Waals surface area contributed by atoms with Gasteiger partial charge < -0.3 is 9.47 Å². The van der Waals surface area contributed by atoms with Crippen molar-refractivity contribution in [2.45, 2.75) is 170 Å². The van der Waals surface area contributed by atoms with Crippen LogP contribution in [0.5, 0.6) is 0 Å². The molecule has 6 nitrogen and oxygen atoms in total. The number of allylic oxidation sites excluding steroid dienone is 6. The molecule has 12 atom stereocenters. The second-order valence-corrected chi connectivity index (χ2v) is 38.6. The van der Waals surface area contributed by atoms with Crippen LogP contribution in [0.25, 0.3) is 5.57 Å². The van der Waals surface area contributed by atoms with Crippen molar-refractivity contribution in [1.82, 2.24) is 9.97 Å². The maximum atomic E-state index is 11.4. The Hall–Kier alpha value is -5.58. The van der Waals surface area contributed by atoms with Crippen LogP contribution < -0.4 is 37.3 Å². The molecule has 0 N–H and O–H groups in total. The standard InChI is InChI=1S/C26H33NO2.C21H29IO2.2C18H15P.C9H14BN.2ClH.Pd/c1-17(28)29-20-10-12-25(2)19(15-20)6-7-21-23-9-8-22(18-5-4-14-27-16-18)26(23,3)13-11-24(21)25;1-13(23)24-15-8-10-20(2)14(12-15)4-5-16-17-6-7-19(22)21(17,3)11-9-18(16)20;2*1-4-10-16(11-5-1)19(17-12-6-2-7-13-17)18-14-8-3-9-15-18;1-3-10(4-2)9-6-5-7-11-8-9;;;/h4-6,8,14,16,20-21,23-24H,7,9-13,15H2,1-3H3;4,7,15-18H,5-6,8-12H2,1-3H3;2*1-15H;5-8H,3-4H2,1-2H3;2*1H;/q;;;;;;;+2/p-2/t20-,21?,23?,24?,25-,26+;15-,16?,17?,18?,20-,21-;;;;;;/m00....../s1/i4D;;;;5D;;;. The molecule has 0 amide bonds. The van der Waals surface area contributed by atoms with Crippen LogP contribution in [0.3, 0.4) is 0 Å². The van der Waals surface area contributed by atoms with E-state index in [0.717, 1.165) is 86.8 Å². The van der Waals surface area contributed by atoms with Gasteiger partial charge in [0, 0.05) is 56.9 Å². The minimum atomic E-state index is -0.446. The molecule has 4 fully saturated rings. The molecule has 0 bridgehead atoms. The minimum Gasteiger partial charge on any atom is -0.0622 e. The van der Waals surface area contributed by atoms with E-state index in [1.165, 1.54) is 102 Å². The van der Waals surface area contributed by atoms with Gasteiger partial charge in [0.15, 0.2) is 6.71 Å². The average molecular weight is 1680 g/mol. The largest absolute Gasteiger partial charge is 0.0622 e. The van der Waals surface area contributed by atoms with Gasteiger partial charge in [-0.15, -0.1) is 0 Å². The topological polar surface area (TPSA) is 78.4 Å². The first-order valence-corrected chi connectivity index (χ1v) is 45.9. The zero-order valence-electron chi connectivity index (χ0n) is 64.5. The summed E-state index contributed by atoms with van der Waals surface area (Å²) in [6.45, 7) is 17.9. The van der Waals surface area contributed by atoms with Gasteiger partial charge >= 0.3 is 46.9 Å². The van der Waals surface area contributed by atoms with Gasteiger partial charge in [-0.1, -0.05) is 289 Å². The molecule has 0 spiro atoms. The Balaban J connectivity index is 0.000000135. The van der Waals surface area contributed by atoms with E-state index >= 15 is 0 Å². The molecule has 6 unspecified atom stereocenters. The number of hydrogen-bond donors (Lipinski definition) is 0. The zero-order valence-corrected chi connectivity index (χ0v) is 69.5. The number of rotatable bonds is 12. The van der Waals surface area contributed by atoms with Crippen molar-refractivity contribution in [3.8, 4) is 0 Å². The summed E-state index contributed by atoms with van der Waals surface area (Å²) in [6, 6.07) is 69.6. The fourth-order valence-corrected chi connectivity index (χ4v) is 25.1. The van der Waals surface area contributed by atoms with E-state index in [1.54, 1.807) is 27.1 Å². The third-order valence-electron chi connectivity index (χ3n) is 24.9. The third-order valence-corrected chi connectivity index (χ3v) is 31.5. The summed E-state index contributed by atoms with van der Waals surface area (Å²) in [5.74, 6) is 4.33. The van der Waals surface area contributed by atoms with Crippen LogP contribution in [-0.4, -0.2) is 40.8 Å². The Morgan fingerprint density at radius 1 is 0.486 bits per heavy atom. The van der Waals surface area contributed by atoms with E-state index in [0.29, 0.717) is 41.5 Å². The number of fused-ring (bicyclic) bond motifs is 10. The molecule has 0 aliphatic heterocycles. The van der Waals surface area contributed by atoms with E-state index < -0.39 is 15.8 Å². The summed E-state index contributed by atoms with van der Waals surface area (Å²) in [5.41, 5.74) is 8.13. The summed E-state index contributed by atoms with van der Waals surface area (Å²) in [4.78, 5) is 31.1. The van der Waals surface area contributed by atoms with Crippen molar-refractivity contribution in [3.63, 3.8) is 0 Å². The predicted molar refractivity (Wildman–Crippen MR) is 452 cm³/mol. The van der Waals surface area contributed by atoms with Crippen LogP contribution in [0.1, 0.15) is 154 Å². The van der Waals surface area contributed by atoms with Gasteiger partial charge in [0.25, 0.3) is 0 Å². The first-order chi connectivity index (χ1) is 51.7. The molecule has 6 aromatic carbocycles. The van der Waals surface area contributed by atoms with Crippen LogP contribution in [0.2, 0.25) is 12.6 Å². The molecule has 8 aliphatic rings. The smallest absolute Gasteiger partial charge is 0.0134 e. The van der Waals surface area contributed by atoms with Gasteiger partial charge in [0.1, 0.15) is 12.2 Å². The quantitative estimate of drug-likeness (QED) is 0.0399. The van der Waals surface area contributed by atoms with Crippen molar-refractivity contribution in [1.29, 1.82) is 0 Å². The first-order valence-electron chi connectivity index (χ1n) is 39.1. The maximum Gasteiger partial charge on any atom is -0.0134 e. The second-order valence-electron chi connectivity index (χ2n) is 30.7. The molecule has 105 heavy (non-hydrogen) atoms. The first kappa shape index (κ1) is 77.6. The van der Waals surface area contributed by atoms with Gasteiger partial charge in [-0.3, -0.25) is 19.6 Å². The summed E-state index contributed by atoms with van der Waals surface area (Å²) in [5, 5.41) is 8.39. The van der Waals surface area contributed by atoms with Crippen LogP contribution >= 0.6 is 57.5 Å². The number of pyridine rings is 2. The molecule has 8 aromatic rings. The molecule has 2 aromatic heterocycles. The number of nitrogens with zero attached hydrogens (tertiary/aromatic N) is 2. The Labute approximate surface area is 664 Å². The third kappa shape index (κ3) is 19.2. The molecule has 0 saturated heterocycles. The van der Waals surface area contributed by atoms with Crippen molar-refractivity contribution < 1.29 is 37.7 Å². The summed E-state index contributed by atoms with van der Waals surface area (Å²) < 4.78 is 28.1. The monoisotopic (exact) mass is 1680 g/mol. The van der Waals surface area contributed by atoms with Gasteiger partial charge in [0.2, 0.25) is 0 Å². The Kier molecular flexibility index (Phi) is 28.2. The number of carbonyl (C=O) groups excluding carboxylic acids is 2. The second kappa shape index (κ2) is 38.2. The molecule has 0 radical (unpaired) electrons. The molecule has 13 heteroatoms. The van der Waals surface area contributed by atoms with Crippen molar-refractivity contribution >= 4 is 119 Å². The van der Waals surface area contributed by atoms with Gasteiger partial charge in [-0.2, -0.15) is 0 Å². The Bertz CT molecular complexity index is 4030. The summed E-state index contributed by atoms with van der Waals surface area (Å²) >= 11 is 2.49. The normalized spacial score (nSPS) is 27.3. The molecular weight excluding hydrogens is 1570 g/mol. The maximum absolute atomic E-state index is 11.4. The van der Waals surface area contributed by atoms with E-state index in [1.807, 2.05) is 24.5 Å². The fraction of sp³-hybridized carbons (Fsp3) is 0.391. The number of halogens is 3. The number of hydrogen-bond acceptors (Lipinski definition) is 6. The zero-order chi connectivity index (χ0) is 75.7. The predicted octanol–water partition coefficient (Wildman–Crippen LogP) is 21.9. The fourth-order valence-electron chi connectivity index (χ4n) is 19.6. The molecule has 16 rings (SSSR count). The van der Waals surface area contributed by atoms with Gasteiger partial charge in [-0.05, 0) is 226 Å². The van der Waals surface area contributed by atoms with Crippen LogP contribution in [0, 0.1) is 57.2 Å². The number of ether oxygens (including phenoxy) is 2. The number of esters is 2. The van der Waals surface area contributed by atoms with Crippen molar-refractivity contribution in [3.05, 3.63) is 276 Å². The van der Waals surface area contributed by atoms with Gasteiger partial charge in [-0.25, -0.2) is 0 Å². The average Bonchev–Trinajstić information content (AvgIpc) is 1.68. The van der Waals surface area contributed by atoms with Gasteiger partial charge in [0.05, 0.1) is 2.74 Å². The summed E-state index contributed by atoms with van der Waals surface area (Å²) in [7, 11) is 8.74. The van der Waals surface area contributed by atoms with Crippen LogP contribution in [0.15, 0.2) is 270 Å². The van der Waals surface area contributed by atoms with E-state index in [4.69, 9.17) is 31.3 Å². The molecule has 8 aliphatic carbocycles. The summed E-state index contributed by atoms with van der Waals surface area (Å²) in [6.07, 6.45) is 35.7. The van der Waals surface area contributed by atoms with E-state index in [2.05, 4.69) is 280 Å². The SMILES string of the molecule is CC(=O)O[C@H]1CC[C@@]2(C)C(=CCC3C2CC[C@]2(C)C(I)=CCC32)C1.[2H]c1cncc(B(CC)CC)c1.[2H]c1cncc(C2=CCC3C4CC=C5C[C@@H](OC(C)=O)CC[C@]5(C)C4CC[C@]23C)c1.[Cl][Pd][Cl].c1ccc(P(c2ccccc2)c2ccccc2)cc1.c1ccc(P(c2ccccc2)c2ccccc2)cc1. The Morgan fingerprint density at radius 2 is 0.838 bits per heavy atom. The van der Waals surface area contributed by atoms with Crippen LogP contribution in [-0.2, 0) is 35.0 Å². The number of aromatic nitrogens is 2. The molecule has 552 valence electrons. The van der Waals surface area contributed by atoms with Crippen LogP contribution in [0.4, 0.5) is 0 Å².